The maximum atomic E-state index is 5.47. The van der Waals surface area contributed by atoms with Crippen LogP contribution in [0.3, 0.4) is 0 Å². The van der Waals surface area contributed by atoms with Crippen LogP contribution in [0.25, 0.3) is 0 Å². The summed E-state index contributed by atoms with van der Waals surface area (Å²) in [4.78, 5) is 0. The van der Waals surface area contributed by atoms with Gasteiger partial charge in [0.15, 0.2) is 5.79 Å². The van der Waals surface area contributed by atoms with Gasteiger partial charge in [0.05, 0.1) is 13.2 Å². The fourth-order valence-corrected chi connectivity index (χ4v) is 1.72. The van der Waals surface area contributed by atoms with Crippen LogP contribution >= 0.6 is 0 Å². The number of rotatable bonds is 1. The molecule has 2 N–H and O–H groups in total. The first-order valence-corrected chi connectivity index (χ1v) is 3.83. The van der Waals surface area contributed by atoms with Crippen LogP contribution in [0.1, 0.15) is 12.8 Å². The lowest BCUT2D eigenvalue weighted by Crippen LogP contribution is -2.47. The van der Waals surface area contributed by atoms with Gasteiger partial charge in [0, 0.05) is 12.8 Å². The Bertz CT molecular complexity index is 124. The summed E-state index contributed by atoms with van der Waals surface area (Å²) in [6.07, 6.45) is 2.01. The fourth-order valence-electron chi connectivity index (χ4n) is 1.72. The third-order valence-electron chi connectivity index (χ3n) is 2.35. The van der Waals surface area contributed by atoms with Crippen molar-refractivity contribution < 1.29 is 9.47 Å². The van der Waals surface area contributed by atoms with Crippen molar-refractivity contribution in [2.75, 3.05) is 19.8 Å². The standard InChI is InChI=1S/C7H13NO2/c8-5-6-3-7(4-6)9-1-2-10-7/h6H,1-5,8H2. The summed E-state index contributed by atoms with van der Waals surface area (Å²) in [5, 5.41) is 0. The molecule has 58 valence electrons. The zero-order valence-electron chi connectivity index (χ0n) is 6.01. The summed E-state index contributed by atoms with van der Waals surface area (Å²) in [6.45, 7) is 2.29. The van der Waals surface area contributed by atoms with E-state index in [2.05, 4.69) is 0 Å². The quantitative estimate of drug-likeness (QED) is 0.566. The summed E-state index contributed by atoms with van der Waals surface area (Å²) >= 11 is 0. The third-order valence-corrected chi connectivity index (χ3v) is 2.35. The molecule has 1 saturated carbocycles. The van der Waals surface area contributed by atoms with E-state index < -0.39 is 0 Å². The summed E-state index contributed by atoms with van der Waals surface area (Å²) in [6, 6.07) is 0. The monoisotopic (exact) mass is 143 g/mol. The van der Waals surface area contributed by atoms with Gasteiger partial charge in [0.1, 0.15) is 0 Å². The van der Waals surface area contributed by atoms with Gasteiger partial charge in [-0.1, -0.05) is 0 Å². The minimum atomic E-state index is -0.190. The molecule has 0 unspecified atom stereocenters. The van der Waals surface area contributed by atoms with Crippen LogP contribution in [0.4, 0.5) is 0 Å². The molecule has 0 radical (unpaired) electrons. The van der Waals surface area contributed by atoms with Crippen LogP contribution in [0.15, 0.2) is 0 Å². The lowest BCUT2D eigenvalue weighted by Gasteiger charge is -2.42. The predicted molar refractivity (Wildman–Crippen MR) is 36.4 cm³/mol. The van der Waals surface area contributed by atoms with E-state index in [1.807, 2.05) is 0 Å². The first kappa shape index (κ1) is 6.58. The van der Waals surface area contributed by atoms with E-state index in [1.54, 1.807) is 0 Å². The van der Waals surface area contributed by atoms with Crippen LogP contribution in [0.5, 0.6) is 0 Å². The normalized spacial score (nSPS) is 30.9. The number of hydrogen-bond acceptors (Lipinski definition) is 3. The van der Waals surface area contributed by atoms with Crippen LogP contribution < -0.4 is 5.73 Å². The molecule has 2 aliphatic rings. The van der Waals surface area contributed by atoms with Gasteiger partial charge in [-0.15, -0.1) is 0 Å². The average molecular weight is 143 g/mol. The molecule has 0 atom stereocenters. The summed E-state index contributed by atoms with van der Waals surface area (Å²) in [5.74, 6) is 0.447. The lowest BCUT2D eigenvalue weighted by molar-refractivity contribution is -0.228. The molecule has 0 amide bonds. The summed E-state index contributed by atoms with van der Waals surface area (Å²) in [5.41, 5.74) is 5.47. The Balaban J connectivity index is 1.86. The molecule has 0 aromatic carbocycles. The van der Waals surface area contributed by atoms with Gasteiger partial charge in [0.2, 0.25) is 0 Å². The second-order valence-electron chi connectivity index (χ2n) is 3.12. The van der Waals surface area contributed by atoms with Crippen LogP contribution in [0, 0.1) is 5.92 Å². The van der Waals surface area contributed by atoms with E-state index in [4.69, 9.17) is 15.2 Å². The molecule has 1 spiro atoms. The second-order valence-corrected chi connectivity index (χ2v) is 3.12. The van der Waals surface area contributed by atoms with E-state index >= 15 is 0 Å². The van der Waals surface area contributed by atoms with Crippen molar-refractivity contribution in [3.05, 3.63) is 0 Å². The Kier molecular flexibility index (Phi) is 1.44. The smallest absolute Gasteiger partial charge is 0.169 e. The zero-order valence-corrected chi connectivity index (χ0v) is 6.01. The first-order valence-electron chi connectivity index (χ1n) is 3.83. The largest absolute Gasteiger partial charge is 0.348 e. The topological polar surface area (TPSA) is 44.5 Å². The Hall–Kier alpha value is -0.120. The molecule has 2 rings (SSSR count). The van der Waals surface area contributed by atoms with Crippen molar-refractivity contribution in [3.8, 4) is 0 Å². The van der Waals surface area contributed by atoms with Crippen molar-refractivity contribution >= 4 is 0 Å². The van der Waals surface area contributed by atoms with Gasteiger partial charge >= 0.3 is 0 Å². The van der Waals surface area contributed by atoms with Crippen LogP contribution in [-0.4, -0.2) is 25.5 Å². The molecule has 2 fully saturated rings. The highest BCUT2D eigenvalue weighted by molar-refractivity contribution is 4.90. The Morgan fingerprint density at radius 1 is 1.30 bits per heavy atom. The number of ether oxygens (including phenoxy) is 2. The van der Waals surface area contributed by atoms with Crippen molar-refractivity contribution in [3.63, 3.8) is 0 Å². The molecular weight excluding hydrogens is 130 g/mol. The Labute approximate surface area is 60.5 Å². The van der Waals surface area contributed by atoms with Crippen LogP contribution in [0.2, 0.25) is 0 Å². The SMILES string of the molecule is NCC1CC2(C1)OCCO2. The molecule has 1 heterocycles. The highest BCUT2D eigenvalue weighted by Crippen LogP contribution is 2.43. The molecule has 0 bridgehead atoms. The van der Waals surface area contributed by atoms with Gasteiger partial charge in [-0.2, -0.15) is 0 Å². The number of hydrogen-bond donors (Lipinski definition) is 1. The van der Waals surface area contributed by atoms with Gasteiger partial charge in [0.25, 0.3) is 0 Å². The lowest BCUT2D eigenvalue weighted by atomic mass is 9.79. The van der Waals surface area contributed by atoms with E-state index in [0.717, 1.165) is 32.6 Å². The van der Waals surface area contributed by atoms with Gasteiger partial charge in [-0.25, -0.2) is 0 Å². The average Bonchev–Trinajstić information content (AvgIpc) is 2.30. The van der Waals surface area contributed by atoms with E-state index in [9.17, 15) is 0 Å². The van der Waals surface area contributed by atoms with Crippen molar-refractivity contribution in [2.24, 2.45) is 11.7 Å². The highest BCUT2D eigenvalue weighted by Gasteiger charge is 2.48. The Morgan fingerprint density at radius 3 is 2.40 bits per heavy atom. The molecule has 1 aliphatic carbocycles. The van der Waals surface area contributed by atoms with Gasteiger partial charge < -0.3 is 15.2 Å². The maximum absolute atomic E-state index is 5.47. The van der Waals surface area contributed by atoms with E-state index in [0.29, 0.717) is 5.92 Å². The van der Waals surface area contributed by atoms with E-state index in [1.165, 1.54) is 0 Å². The molecule has 0 aromatic heterocycles. The van der Waals surface area contributed by atoms with Crippen LogP contribution in [-0.2, 0) is 9.47 Å². The fraction of sp³-hybridized carbons (Fsp3) is 1.00. The molecule has 3 nitrogen and oxygen atoms in total. The third kappa shape index (κ3) is 0.856. The summed E-state index contributed by atoms with van der Waals surface area (Å²) < 4.78 is 10.9. The molecule has 3 heteroatoms. The van der Waals surface area contributed by atoms with Gasteiger partial charge in [-0.05, 0) is 12.5 Å². The van der Waals surface area contributed by atoms with Crippen molar-refractivity contribution in [1.29, 1.82) is 0 Å². The molecule has 1 saturated heterocycles. The second kappa shape index (κ2) is 2.19. The van der Waals surface area contributed by atoms with Crippen molar-refractivity contribution in [1.82, 2.24) is 0 Å². The predicted octanol–water partition coefficient (Wildman–Crippen LogP) is 0.0982. The highest BCUT2D eigenvalue weighted by atomic mass is 16.7. The Morgan fingerprint density at radius 2 is 1.90 bits per heavy atom. The summed E-state index contributed by atoms with van der Waals surface area (Å²) in [7, 11) is 0. The van der Waals surface area contributed by atoms with E-state index in [-0.39, 0.29) is 5.79 Å². The minimum absolute atomic E-state index is 0.190. The minimum Gasteiger partial charge on any atom is -0.348 e. The van der Waals surface area contributed by atoms with Gasteiger partial charge in [-0.3, -0.25) is 0 Å². The molecule has 1 aliphatic heterocycles. The first-order chi connectivity index (χ1) is 4.85. The molecule has 0 aromatic rings. The maximum Gasteiger partial charge on any atom is 0.169 e. The van der Waals surface area contributed by atoms with Crippen molar-refractivity contribution in [2.45, 2.75) is 18.6 Å². The molecular formula is C7H13NO2. The zero-order chi connectivity index (χ0) is 7.03. The number of nitrogens with two attached hydrogens (primary N) is 1. The molecule has 10 heavy (non-hydrogen) atoms.